The van der Waals surface area contributed by atoms with Crippen molar-refractivity contribution >= 4 is 34.9 Å². The summed E-state index contributed by atoms with van der Waals surface area (Å²) in [5.41, 5.74) is 8.79. The van der Waals surface area contributed by atoms with E-state index in [1.54, 1.807) is 24.1 Å². The number of hydrogen-bond donors (Lipinski definition) is 4. The average molecular weight is 472 g/mol. The van der Waals surface area contributed by atoms with Gasteiger partial charge in [0.25, 0.3) is 5.91 Å². The van der Waals surface area contributed by atoms with Crippen LogP contribution < -0.4 is 16.4 Å². The van der Waals surface area contributed by atoms with Crippen molar-refractivity contribution in [3.63, 3.8) is 0 Å². The summed E-state index contributed by atoms with van der Waals surface area (Å²) in [4.78, 5) is 25.7. The lowest BCUT2D eigenvalue weighted by Crippen LogP contribution is -2.60. The highest BCUT2D eigenvalue weighted by Crippen LogP contribution is 2.32. The van der Waals surface area contributed by atoms with Crippen LogP contribution in [0.1, 0.15) is 48.1 Å². The van der Waals surface area contributed by atoms with Crippen molar-refractivity contribution in [3.05, 3.63) is 58.4 Å². The second-order valence-corrected chi connectivity index (χ2v) is 9.57. The molecule has 3 rings (SSSR count). The molecule has 1 fully saturated rings. The molecule has 1 aliphatic rings. The van der Waals surface area contributed by atoms with Gasteiger partial charge in [-0.05, 0) is 35.3 Å². The first-order chi connectivity index (χ1) is 15.4. The smallest absolute Gasteiger partial charge is 0.269 e. The molecule has 0 radical (unpaired) electrons. The second-order valence-electron chi connectivity index (χ2n) is 9.16. The number of rotatable bonds is 6. The number of amides is 2. The van der Waals surface area contributed by atoms with Gasteiger partial charge in [0.05, 0.1) is 18.3 Å². The molecule has 1 aromatic heterocycles. The zero-order valence-corrected chi connectivity index (χ0v) is 20.1. The Hall–Kier alpha value is -3.33. The number of likely N-dealkylation sites (tertiary alicyclic amines) is 1. The van der Waals surface area contributed by atoms with Gasteiger partial charge in [0.1, 0.15) is 11.5 Å². The Morgan fingerprint density at radius 2 is 2.00 bits per heavy atom. The van der Waals surface area contributed by atoms with Crippen LogP contribution in [0.25, 0.3) is 0 Å². The Morgan fingerprint density at radius 1 is 1.33 bits per heavy atom. The van der Waals surface area contributed by atoms with Crippen LogP contribution in [0, 0.1) is 5.41 Å². The van der Waals surface area contributed by atoms with E-state index in [1.807, 2.05) is 26.8 Å². The third-order valence-electron chi connectivity index (χ3n) is 5.53. The molecule has 0 saturated carbocycles. The van der Waals surface area contributed by atoms with Gasteiger partial charge in [-0.15, -0.1) is 0 Å². The first kappa shape index (κ1) is 24.3. The number of halogens is 1. The fourth-order valence-corrected chi connectivity index (χ4v) is 4.07. The molecule has 0 atom stereocenters. The summed E-state index contributed by atoms with van der Waals surface area (Å²) >= 11 is 6.35. The predicted octanol–water partition coefficient (Wildman–Crippen LogP) is 2.19. The number of nitrogens with one attached hydrogen (secondary N) is 3. The van der Waals surface area contributed by atoms with Crippen molar-refractivity contribution in [2.24, 2.45) is 7.05 Å². The number of nitrogen functional groups attached to an aromatic ring is 1. The molecule has 176 valence electrons. The molecule has 2 aromatic rings. The van der Waals surface area contributed by atoms with E-state index in [2.05, 4.69) is 22.3 Å². The number of carbonyl (C=O) groups excluding carboxylic acids is 2. The van der Waals surface area contributed by atoms with Crippen molar-refractivity contribution < 1.29 is 9.59 Å². The molecule has 1 aromatic carbocycles. The van der Waals surface area contributed by atoms with Crippen molar-refractivity contribution in [1.29, 1.82) is 5.41 Å². The van der Waals surface area contributed by atoms with Crippen molar-refractivity contribution in [3.8, 4) is 0 Å². The predicted molar refractivity (Wildman–Crippen MR) is 129 cm³/mol. The molecule has 0 unspecified atom stereocenters. The molecule has 1 saturated heterocycles. The number of nitrogens with zero attached hydrogens (tertiary/aromatic N) is 3. The number of carbonyl (C=O) groups is 2. The maximum Gasteiger partial charge on any atom is 0.269 e. The standard InChI is InChI=1S/C23H30ClN7O2/c1-6-20(32)31-11-14(12-31)28-22(33)19-7-13(29-30(19)5)10-27-21(26)15-8-16(23(2,3)4)17(24)9-18(15)25/h6-9,14H,1,10-12,25H2,2-5H3,(H2,26,27)(H,28,33). The minimum absolute atomic E-state index is 0.101. The fraction of sp³-hybridized carbons (Fsp3) is 0.391. The van der Waals surface area contributed by atoms with Crippen LogP contribution in [0.5, 0.6) is 0 Å². The molecular formula is C23H30ClN7O2. The van der Waals surface area contributed by atoms with Crippen LogP contribution in [0.4, 0.5) is 5.69 Å². The van der Waals surface area contributed by atoms with Gasteiger partial charge >= 0.3 is 0 Å². The summed E-state index contributed by atoms with van der Waals surface area (Å²) in [6.07, 6.45) is 1.26. The number of anilines is 1. The highest BCUT2D eigenvalue weighted by Gasteiger charge is 2.31. The molecule has 0 aliphatic carbocycles. The minimum atomic E-state index is -0.265. The van der Waals surface area contributed by atoms with Crippen LogP contribution in [-0.4, -0.2) is 51.5 Å². The normalized spacial score (nSPS) is 13.9. The maximum atomic E-state index is 12.6. The van der Waals surface area contributed by atoms with E-state index >= 15 is 0 Å². The first-order valence-electron chi connectivity index (χ1n) is 10.6. The summed E-state index contributed by atoms with van der Waals surface area (Å²) in [7, 11) is 1.69. The molecule has 2 amide bonds. The lowest BCUT2D eigenvalue weighted by atomic mass is 9.85. The van der Waals surface area contributed by atoms with Gasteiger partial charge in [0.2, 0.25) is 5.91 Å². The summed E-state index contributed by atoms with van der Waals surface area (Å²) in [6.45, 7) is 10.8. The fourth-order valence-electron chi connectivity index (χ4n) is 3.62. The van der Waals surface area contributed by atoms with Crippen molar-refractivity contribution in [2.45, 2.75) is 38.8 Å². The van der Waals surface area contributed by atoms with Gasteiger partial charge in [0, 0.05) is 36.4 Å². The van der Waals surface area contributed by atoms with Gasteiger partial charge in [-0.3, -0.25) is 19.7 Å². The van der Waals surface area contributed by atoms with E-state index in [9.17, 15) is 9.59 Å². The third-order valence-corrected chi connectivity index (χ3v) is 5.84. The summed E-state index contributed by atoms with van der Waals surface area (Å²) in [6, 6.07) is 5.08. The molecule has 0 spiro atoms. The Kier molecular flexibility index (Phi) is 6.83. The average Bonchev–Trinajstić information content (AvgIpc) is 3.07. The number of amidine groups is 1. The Bertz CT molecular complexity index is 1110. The monoisotopic (exact) mass is 471 g/mol. The third kappa shape index (κ3) is 5.36. The summed E-state index contributed by atoms with van der Waals surface area (Å²) < 4.78 is 1.50. The number of hydrogen-bond acceptors (Lipinski definition) is 5. The summed E-state index contributed by atoms with van der Waals surface area (Å²) in [5, 5.41) is 19.3. The van der Waals surface area contributed by atoms with Gasteiger partial charge < -0.3 is 21.3 Å². The van der Waals surface area contributed by atoms with E-state index in [1.165, 1.54) is 10.8 Å². The van der Waals surface area contributed by atoms with E-state index in [0.29, 0.717) is 40.8 Å². The maximum absolute atomic E-state index is 12.6. The first-order valence-corrected chi connectivity index (χ1v) is 11.0. The van der Waals surface area contributed by atoms with Crippen LogP contribution in [0.15, 0.2) is 30.9 Å². The van der Waals surface area contributed by atoms with Gasteiger partial charge in [-0.25, -0.2) is 0 Å². The molecule has 0 bridgehead atoms. The largest absolute Gasteiger partial charge is 0.398 e. The van der Waals surface area contributed by atoms with Crippen molar-refractivity contribution in [2.75, 3.05) is 18.8 Å². The number of benzene rings is 1. The van der Waals surface area contributed by atoms with Gasteiger partial charge in [0.15, 0.2) is 0 Å². The Balaban J connectivity index is 1.62. The van der Waals surface area contributed by atoms with E-state index in [-0.39, 0.29) is 35.7 Å². The second kappa shape index (κ2) is 9.27. The van der Waals surface area contributed by atoms with Gasteiger partial charge in [-0.1, -0.05) is 39.0 Å². The lowest BCUT2D eigenvalue weighted by Gasteiger charge is -2.38. The zero-order valence-electron chi connectivity index (χ0n) is 19.3. The molecule has 5 N–H and O–H groups in total. The van der Waals surface area contributed by atoms with Crippen LogP contribution in [0.2, 0.25) is 5.02 Å². The van der Waals surface area contributed by atoms with E-state index in [0.717, 1.165) is 5.56 Å². The minimum Gasteiger partial charge on any atom is -0.398 e. The van der Waals surface area contributed by atoms with Crippen LogP contribution >= 0.6 is 11.6 Å². The lowest BCUT2D eigenvalue weighted by molar-refractivity contribution is -0.130. The molecule has 9 nitrogen and oxygen atoms in total. The molecule has 1 aliphatic heterocycles. The summed E-state index contributed by atoms with van der Waals surface area (Å²) in [5.74, 6) is -0.264. The quantitative estimate of drug-likeness (QED) is 0.222. The number of aryl methyl sites for hydroxylation is 1. The van der Waals surface area contributed by atoms with E-state index in [4.69, 9.17) is 22.7 Å². The van der Waals surface area contributed by atoms with E-state index < -0.39 is 0 Å². The SMILES string of the molecule is C=CC(=O)N1CC(NC(=O)c2cc(CNC(=N)c3cc(C(C)(C)C)c(Cl)cc3N)nn2C)C1. The van der Waals surface area contributed by atoms with Crippen LogP contribution in [0.3, 0.4) is 0 Å². The molecule has 10 heteroatoms. The Labute approximate surface area is 198 Å². The highest BCUT2D eigenvalue weighted by atomic mass is 35.5. The molecule has 2 heterocycles. The number of aromatic nitrogens is 2. The van der Waals surface area contributed by atoms with Crippen LogP contribution in [-0.2, 0) is 23.8 Å². The zero-order chi connectivity index (χ0) is 24.5. The highest BCUT2D eigenvalue weighted by molar-refractivity contribution is 6.32. The topological polar surface area (TPSA) is 129 Å². The van der Waals surface area contributed by atoms with Gasteiger partial charge in [-0.2, -0.15) is 5.10 Å². The van der Waals surface area contributed by atoms with Crippen molar-refractivity contribution in [1.82, 2.24) is 25.3 Å². The molecular weight excluding hydrogens is 442 g/mol. The molecule has 33 heavy (non-hydrogen) atoms. The number of nitrogens with two attached hydrogens (primary N) is 1. The Morgan fingerprint density at radius 3 is 2.61 bits per heavy atom.